The van der Waals surface area contributed by atoms with Gasteiger partial charge in [0.05, 0.1) is 6.21 Å². The van der Waals surface area contributed by atoms with Gasteiger partial charge in [0, 0.05) is 6.20 Å². The summed E-state index contributed by atoms with van der Waals surface area (Å²) in [5.74, 6) is 0.742. The average Bonchev–Trinajstić information content (AvgIpc) is 2.33. The third-order valence-corrected chi connectivity index (χ3v) is 2.13. The molecule has 1 N–H and O–H groups in total. The van der Waals surface area contributed by atoms with Crippen LogP contribution < -0.4 is 5.43 Å². The first-order valence-electron chi connectivity index (χ1n) is 5.11. The van der Waals surface area contributed by atoms with Crippen LogP contribution in [0.15, 0.2) is 53.8 Å². The number of aryl methyl sites for hydroxylation is 1. The molecule has 0 atom stereocenters. The van der Waals surface area contributed by atoms with Crippen LogP contribution in [0.1, 0.15) is 11.1 Å². The van der Waals surface area contributed by atoms with E-state index in [9.17, 15) is 0 Å². The van der Waals surface area contributed by atoms with E-state index in [0.29, 0.717) is 0 Å². The molecule has 0 spiro atoms. The van der Waals surface area contributed by atoms with Gasteiger partial charge in [0.25, 0.3) is 0 Å². The van der Waals surface area contributed by atoms with E-state index >= 15 is 0 Å². The van der Waals surface area contributed by atoms with E-state index < -0.39 is 0 Å². The molecule has 0 saturated carbocycles. The Balaban J connectivity index is 1.98. The van der Waals surface area contributed by atoms with Gasteiger partial charge in [-0.05, 0) is 24.6 Å². The predicted octanol–water partition coefficient (Wildman–Crippen LogP) is 2.84. The maximum Gasteiger partial charge on any atom is 0.146 e. The number of aromatic nitrogens is 1. The van der Waals surface area contributed by atoms with Crippen molar-refractivity contribution in [2.24, 2.45) is 5.10 Å². The smallest absolute Gasteiger partial charge is 0.146 e. The second-order valence-electron chi connectivity index (χ2n) is 3.50. The SMILES string of the molecule is Cc1ccc(C=NNc2ccccn2)cc1. The molecule has 0 fully saturated rings. The van der Waals surface area contributed by atoms with E-state index in [0.717, 1.165) is 11.4 Å². The molecule has 0 aliphatic rings. The lowest BCUT2D eigenvalue weighted by Gasteiger charge is -1.97. The van der Waals surface area contributed by atoms with Gasteiger partial charge in [-0.2, -0.15) is 5.10 Å². The number of anilines is 1. The summed E-state index contributed by atoms with van der Waals surface area (Å²) in [5.41, 5.74) is 5.18. The second kappa shape index (κ2) is 5.07. The third kappa shape index (κ3) is 2.92. The molecule has 16 heavy (non-hydrogen) atoms. The standard InChI is InChI=1S/C13H13N3/c1-11-5-7-12(8-6-11)10-15-16-13-4-2-3-9-14-13/h2-10H,1H3,(H,14,16). The molecule has 0 amide bonds. The number of nitrogens with one attached hydrogen (secondary N) is 1. The van der Waals surface area contributed by atoms with Gasteiger partial charge in [0.2, 0.25) is 0 Å². The van der Waals surface area contributed by atoms with Crippen LogP contribution in [0.3, 0.4) is 0 Å². The van der Waals surface area contributed by atoms with E-state index in [2.05, 4.69) is 34.6 Å². The zero-order chi connectivity index (χ0) is 11.2. The minimum absolute atomic E-state index is 0.742. The fourth-order valence-electron chi connectivity index (χ4n) is 1.25. The largest absolute Gasteiger partial charge is 0.261 e. The summed E-state index contributed by atoms with van der Waals surface area (Å²) in [7, 11) is 0. The molecule has 2 aromatic rings. The van der Waals surface area contributed by atoms with Crippen molar-refractivity contribution < 1.29 is 0 Å². The molecule has 0 bridgehead atoms. The van der Waals surface area contributed by atoms with E-state index in [4.69, 9.17) is 0 Å². The number of benzene rings is 1. The molecule has 2 rings (SSSR count). The van der Waals surface area contributed by atoms with E-state index in [1.165, 1.54) is 5.56 Å². The summed E-state index contributed by atoms with van der Waals surface area (Å²) in [6.07, 6.45) is 3.50. The van der Waals surface area contributed by atoms with Crippen molar-refractivity contribution >= 4 is 12.0 Å². The second-order valence-corrected chi connectivity index (χ2v) is 3.50. The van der Waals surface area contributed by atoms with E-state index in [1.54, 1.807) is 12.4 Å². The fourth-order valence-corrected chi connectivity index (χ4v) is 1.25. The topological polar surface area (TPSA) is 37.3 Å². The minimum atomic E-state index is 0.742. The van der Waals surface area contributed by atoms with Crippen LogP contribution in [0.4, 0.5) is 5.82 Å². The number of hydrazone groups is 1. The molecule has 1 heterocycles. The van der Waals surface area contributed by atoms with E-state index in [-0.39, 0.29) is 0 Å². The summed E-state index contributed by atoms with van der Waals surface area (Å²) >= 11 is 0. The van der Waals surface area contributed by atoms with Gasteiger partial charge in [-0.1, -0.05) is 35.9 Å². The Morgan fingerprint density at radius 3 is 2.62 bits per heavy atom. The molecule has 0 saturated heterocycles. The molecule has 0 radical (unpaired) electrons. The zero-order valence-corrected chi connectivity index (χ0v) is 9.09. The third-order valence-electron chi connectivity index (χ3n) is 2.13. The Bertz CT molecular complexity index is 460. The highest BCUT2D eigenvalue weighted by Crippen LogP contribution is 2.02. The first-order chi connectivity index (χ1) is 7.84. The quantitative estimate of drug-likeness (QED) is 0.626. The van der Waals surface area contributed by atoms with Crippen molar-refractivity contribution in [3.8, 4) is 0 Å². The predicted molar refractivity (Wildman–Crippen MR) is 66.6 cm³/mol. The molecule has 80 valence electrons. The average molecular weight is 211 g/mol. The van der Waals surface area contributed by atoms with Crippen LogP contribution in [0, 0.1) is 6.92 Å². The highest BCUT2D eigenvalue weighted by Gasteiger charge is 1.88. The molecule has 3 nitrogen and oxygen atoms in total. The fraction of sp³-hybridized carbons (Fsp3) is 0.0769. The first-order valence-corrected chi connectivity index (χ1v) is 5.11. The number of pyridine rings is 1. The number of hydrogen-bond acceptors (Lipinski definition) is 3. The van der Waals surface area contributed by atoms with Crippen LogP contribution in [-0.2, 0) is 0 Å². The number of rotatable bonds is 3. The lowest BCUT2D eigenvalue weighted by Crippen LogP contribution is -1.92. The van der Waals surface area contributed by atoms with Crippen molar-refractivity contribution in [1.82, 2.24) is 4.98 Å². The maximum absolute atomic E-state index is 4.10. The Hall–Kier alpha value is -2.16. The highest BCUT2D eigenvalue weighted by molar-refractivity contribution is 5.80. The van der Waals surface area contributed by atoms with E-state index in [1.807, 2.05) is 30.3 Å². The van der Waals surface area contributed by atoms with Gasteiger partial charge < -0.3 is 0 Å². The van der Waals surface area contributed by atoms with Crippen LogP contribution in [0.2, 0.25) is 0 Å². The lowest BCUT2D eigenvalue weighted by atomic mass is 10.2. The van der Waals surface area contributed by atoms with Gasteiger partial charge in [0.1, 0.15) is 5.82 Å². The van der Waals surface area contributed by atoms with Crippen molar-refractivity contribution in [1.29, 1.82) is 0 Å². The van der Waals surface area contributed by atoms with Crippen LogP contribution in [0.25, 0.3) is 0 Å². The summed E-state index contributed by atoms with van der Waals surface area (Å²) in [4.78, 5) is 4.10. The molecule has 1 aromatic carbocycles. The Labute approximate surface area is 94.9 Å². The van der Waals surface area contributed by atoms with Gasteiger partial charge >= 0.3 is 0 Å². The van der Waals surface area contributed by atoms with Crippen molar-refractivity contribution in [3.05, 3.63) is 59.8 Å². The summed E-state index contributed by atoms with van der Waals surface area (Å²) in [6.45, 7) is 2.06. The monoisotopic (exact) mass is 211 g/mol. The van der Waals surface area contributed by atoms with Gasteiger partial charge in [0.15, 0.2) is 0 Å². The molecular weight excluding hydrogens is 198 g/mol. The molecule has 0 unspecified atom stereocenters. The van der Waals surface area contributed by atoms with Gasteiger partial charge in [-0.15, -0.1) is 0 Å². The summed E-state index contributed by atoms with van der Waals surface area (Å²) < 4.78 is 0. The summed E-state index contributed by atoms with van der Waals surface area (Å²) in [5, 5.41) is 4.10. The van der Waals surface area contributed by atoms with Gasteiger partial charge in [-0.25, -0.2) is 4.98 Å². The molecule has 3 heteroatoms. The molecule has 1 aromatic heterocycles. The normalized spacial score (nSPS) is 10.6. The maximum atomic E-state index is 4.10. The van der Waals surface area contributed by atoms with Crippen LogP contribution in [-0.4, -0.2) is 11.2 Å². The number of nitrogens with zero attached hydrogens (tertiary/aromatic N) is 2. The zero-order valence-electron chi connectivity index (χ0n) is 9.09. The van der Waals surface area contributed by atoms with Crippen molar-refractivity contribution in [2.75, 3.05) is 5.43 Å². The molecule has 0 aliphatic carbocycles. The molecular formula is C13H13N3. The van der Waals surface area contributed by atoms with Crippen LogP contribution >= 0.6 is 0 Å². The van der Waals surface area contributed by atoms with Crippen molar-refractivity contribution in [3.63, 3.8) is 0 Å². The van der Waals surface area contributed by atoms with Crippen molar-refractivity contribution in [2.45, 2.75) is 6.92 Å². The summed E-state index contributed by atoms with van der Waals surface area (Å²) in [6, 6.07) is 13.8. The minimum Gasteiger partial charge on any atom is -0.261 e. The molecule has 0 aliphatic heterocycles. The van der Waals surface area contributed by atoms with Crippen LogP contribution in [0.5, 0.6) is 0 Å². The highest BCUT2D eigenvalue weighted by atomic mass is 15.3. The lowest BCUT2D eigenvalue weighted by molar-refractivity contribution is 1.23. The Morgan fingerprint density at radius 1 is 1.12 bits per heavy atom. The Morgan fingerprint density at radius 2 is 1.94 bits per heavy atom. The number of hydrogen-bond donors (Lipinski definition) is 1. The first kappa shape index (κ1) is 10.4. The van der Waals surface area contributed by atoms with Gasteiger partial charge in [-0.3, -0.25) is 5.43 Å². The Kier molecular flexibility index (Phi) is 3.28.